The Morgan fingerprint density at radius 3 is 2.67 bits per heavy atom. The van der Waals surface area contributed by atoms with E-state index in [-0.39, 0.29) is 12.5 Å². The van der Waals surface area contributed by atoms with Gasteiger partial charge in [0.2, 0.25) is 5.91 Å². The number of pyridine rings is 1. The van der Waals surface area contributed by atoms with Gasteiger partial charge in [-0.25, -0.2) is 4.98 Å². The van der Waals surface area contributed by atoms with Crippen molar-refractivity contribution in [2.75, 3.05) is 11.4 Å². The number of nitrogens with one attached hydrogen (secondary N) is 1. The summed E-state index contributed by atoms with van der Waals surface area (Å²) < 4.78 is 0. The van der Waals surface area contributed by atoms with Crippen molar-refractivity contribution in [3.63, 3.8) is 0 Å². The molecule has 1 aliphatic carbocycles. The Labute approximate surface area is 126 Å². The van der Waals surface area contributed by atoms with Gasteiger partial charge in [-0.15, -0.1) is 0 Å². The van der Waals surface area contributed by atoms with E-state index < -0.39 is 0 Å². The standard InChI is InChI=1S/C16H26N4O/c1-12(2)18-9-13-7-8-16(19-10-13)20(11-15(17)21)14-5-3-4-6-14/h7-8,10,12,14,18H,3-6,9,11H2,1-2H3,(H2,17,21). The zero-order valence-corrected chi connectivity index (χ0v) is 13.0. The van der Waals surface area contributed by atoms with E-state index in [0.29, 0.717) is 12.1 Å². The molecule has 0 unspecified atom stereocenters. The van der Waals surface area contributed by atoms with Crippen molar-refractivity contribution in [3.05, 3.63) is 23.9 Å². The Bertz CT molecular complexity index is 452. The normalized spacial score (nSPS) is 15.6. The van der Waals surface area contributed by atoms with Gasteiger partial charge >= 0.3 is 0 Å². The van der Waals surface area contributed by atoms with Gasteiger partial charge in [-0.2, -0.15) is 0 Å². The van der Waals surface area contributed by atoms with Crippen LogP contribution in [0.1, 0.15) is 45.1 Å². The van der Waals surface area contributed by atoms with Gasteiger partial charge in [0.1, 0.15) is 5.82 Å². The third kappa shape index (κ3) is 4.70. The molecular formula is C16H26N4O. The Hall–Kier alpha value is -1.62. The lowest BCUT2D eigenvalue weighted by Gasteiger charge is -2.29. The van der Waals surface area contributed by atoms with Crippen molar-refractivity contribution in [1.29, 1.82) is 0 Å². The molecule has 0 bridgehead atoms. The molecule has 3 N–H and O–H groups in total. The lowest BCUT2D eigenvalue weighted by molar-refractivity contribution is -0.116. The van der Waals surface area contributed by atoms with Crippen LogP contribution in [0.5, 0.6) is 0 Å². The third-order valence-corrected chi connectivity index (χ3v) is 3.91. The molecule has 1 saturated carbocycles. The number of aromatic nitrogens is 1. The summed E-state index contributed by atoms with van der Waals surface area (Å²) in [5, 5.41) is 3.37. The van der Waals surface area contributed by atoms with Crippen LogP contribution >= 0.6 is 0 Å². The highest BCUT2D eigenvalue weighted by Gasteiger charge is 2.24. The number of hydrogen-bond donors (Lipinski definition) is 2. The van der Waals surface area contributed by atoms with E-state index in [1.807, 2.05) is 12.3 Å². The van der Waals surface area contributed by atoms with Gasteiger partial charge < -0.3 is 16.0 Å². The van der Waals surface area contributed by atoms with E-state index in [9.17, 15) is 4.79 Å². The van der Waals surface area contributed by atoms with Gasteiger partial charge in [0, 0.05) is 24.8 Å². The second kappa shape index (κ2) is 7.41. The number of anilines is 1. The topological polar surface area (TPSA) is 71.2 Å². The van der Waals surface area contributed by atoms with Gasteiger partial charge in [0.05, 0.1) is 6.54 Å². The summed E-state index contributed by atoms with van der Waals surface area (Å²) in [4.78, 5) is 17.9. The number of carbonyl (C=O) groups excluding carboxylic acids is 1. The number of primary amides is 1. The molecule has 0 radical (unpaired) electrons. The predicted molar refractivity (Wildman–Crippen MR) is 85.0 cm³/mol. The van der Waals surface area contributed by atoms with Gasteiger partial charge in [-0.3, -0.25) is 4.79 Å². The molecule has 0 atom stereocenters. The van der Waals surface area contributed by atoms with Crippen molar-refractivity contribution < 1.29 is 4.79 Å². The monoisotopic (exact) mass is 290 g/mol. The second-order valence-corrected chi connectivity index (χ2v) is 6.09. The average molecular weight is 290 g/mol. The molecule has 1 fully saturated rings. The van der Waals surface area contributed by atoms with Crippen LogP contribution in [-0.4, -0.2) is 29.5 Å². The molecule has 0 aliphatic heterocycles. The molecule has 1 aromatic heterocycles. The summed E-state index contributed by atoms with van der Waals surface area (Å²) in [6.07, 6.45) is 6.55. The quantitative estimate of drug-likeness (QED) is 0.803. The van der Waals surface area contributed by atoms with Crippen LogP contribution in [0, 0.1) is 0 Å². The van der Waals surface area contributed by atoms with Crippen LogP contribution in [0.4, 0.5) is 5.82 Å². The van der Waals surface area contributed by atoms with Crippen LogP contribution in [0.2, 0.25) is 0 Å². The van der Waals surface area contributed by atoms with E-state index in [2.05, 4.69) is 35.1 Å². The molecule has 0 saturated heterocycles. The molecule has 0 aromatic carbocycles. The molecule has 1 aromatic rings. The molecule has 1 amide bonds. The molecule has 1 aliphatic rings. The molecule has 116 valence electrons. The summed E-state index contributed by atoms with van der Waals surface area (Å²) in [6.45, 7) is 5.30. The number of hydrogen-bond acceptors (Lipinski definition) is 4. The van der Waals surface area contributed by atoms with Crippen molar-refractivity contribution in [2.24, 2.45) is 5.73 Å². The average Bonchev–Trinajstić information content (AvgIpc) is 2.97. The largest absolute Gasteiger partial charge is 0.368 e. The fraction of sp³-hybridized carbons (Fsp3) is 0.625. The first kappa shape index (κ1) is 15.8. The molecule has 2 rings (SSSR count). The molecule has 5 nitrogen and oxygen atoms in total. The first-order chi connectivity index (χ1) is 10.1. The molecule has 0 spiro atoms. The minimum Gasteiger partial charge on any atom is -0.368 e. The Morgan fingerprint density at radius 1 is 1.43 bits per heavy atom. The van der Waals surface area contributed by atoms with Crippen molar-refractivity contribution >= 4 is 11.7 Å². The van der Waals surface area contributed by atoms with Gasteiger partial charge in [-0.1, -0.05) is 32.8 Å². The minimum absolute atomic E-state index is 0.251. The second-order valence-electron chi connectivity index (χ2n) is 6.09. The van der Waals surface area contributed by atoms with Gasteiger partial charge in [-0.05, 0) is 24.5 Å². The number of nitrogens with zero attached hydrogens (tertiary/aromatic N) is 2. The van der Waals surface area contributed by atoms with Crippen molar-refractivity contribution in [1.82, 2.24) is 10.3 Å². The number of amides is 1. The summed E-state index contributed by atoms with van der Waals surface area (Å²) in [5.74, 6) is 0.559. The lowest BCUT2D eigenvalue weighted by Crippen LogP contribution is -2.40. The molecule has 21 heavy (non-hydrogen) atoms. The summed E-state index contributed by atoms with van der Waals surface area (Å²) in [5.41, 5.74) is 6.54. The number of carbonyl (C=O) groups is 1. The smallest absolute Gasteiger partial charge is 0.237 e. The van der Waals surface area contributed by atoms with Crippen molar-refractivity contribution in [2.45, 2.75) is 58.2 Å². The van der Waals surface area contributed by atoms with Crippen LogP contribution in [0.25, 0.3) is 0 Å². The zero-order valence-electron chi connectivity index (χ0n) is 13.0. The predicted octanol–water partition coefficient (Wildman–Crippen LogP) is 1.81. The van der Waals surface area contributed by atoms with E-state index in [1.54, 1.807) is 0 Å². The zero-order chi connectivity index (χ0) is 15.2. The Balaban J connectivity index is 2.06. The van der Waals surface area contributed by atoms with E-state index in [1.165, 1.54) is 12.8 Å². The van der Waals surface area contributed by atoms with E-state index in [0.717, 1.165) is 30.8 Å². The van der Waals surface area contributed by atoms with Crippen LogP contribution in [0.15, 0.2) is 18.3 Å². The highest BCUT2D eigenvalue weighted by atomic mass is 16.1. The van der Waals surface area contributed by atoms with Crippen LogP contribution in [0.3, 0.4) is 0 Å². The minimum atomic E-state index is -0.297. The number of nitrogens with two attached hydrogens (primary N) is 1. The maximum Gasteiger partial charge on any atom is 0.237 e. The fourth-order valence-electron chi connectivity index (χ4n) is 2.79. The van der Waals surface area contributed by atoms with Crippen molar-refractivity contribution in [3.8, 4) is 0 Å². The SMILES string of the molecule is CC(C)NCc1ccc(N(CC(N)=O)C2CCCC2)nc1. The molecular weight excluding hydrogens is 264 g/mol. The van der Waals surface area contributed by atoms with E-state index in [4.69, 9.17) is 5.73 Å². The first-order valence-corrected chi connectivity index (χ1v) is 7.79. The van der Waals surface area contributed by atoms with Crippen LogP contribution < -0.4 is 16.0 Å². The summed E-state index contributed by atoms with van der Waals surface area (Å²) in [7, 11) is 0. The summed E-state index contributed by atoms with van der Waals surface area (Å²) in [6, 6.07) is 4.92. The van der Waals surface area contributed by atoms with Crippen LogP contribution in [-0.2, 0) is 11.3 Å². The molecule has 1 heterocycles. The lowest BCUT2D eigenvalue weighted by atomic mass is 10.2. The first-order valence-electron chi connectivity index (χ1n) is 7.79. The third-order valence-electron chi connectivity index (χ3n) is 3.91. The molecule has 5 heteroatoms. The fourth-order valence-corrected chi connectivity index (χ4v) is 2.79. The maximum atomic E-state index is 11.3. The maximum absolute atomic E-state index is 11.3. The Morgan fingerprint density at radius 2 is 2.14 bits per heavy atom. The highest BCUT2D eigenvalue weighted by Crippen LogP contribution is 2.26. The van der Waals surface area contributed by atoms with E-state index >= 15 is 0 Å². The number of rotatable bonds is 7. The summed E-state index contributed by atoms with van der Waals surface area (Å²) >= 11 is 0. The highest BCUT2D eigenvalue weighted by molar-refractivity contribution is 5.79. The van der Waals surface area contributed by atoms with Gasteiger partial charge in [0.25, 0.3) is 0 Å². The Kier molecular flexibility index (Phi) is 5.56. The van der Waals surface area contributed by atoms with Gasteiger partial charge in [0.15, 0.2) is 0 Å².